The van der Waals surface area contributed by atoms with E-state index in [1.54, 1.807) is 11.1 Å². The van der Waals surface area contributed by atoms with Crippen molar-refractivity contribution < 1.29 is 75.9 Å². The monoisotopic (exact) mass is 580 g/mol. The van der Waals surface area contributed by atoms with E-state index in [1.165, 1.54) is 32.1 Å². The number of carbonyl (C=O) groups excluding carboxylic acids is 2. The molecule has 6 heteroatoms. The van der Waals surface area contributed by atoms with E-state index in [4.69, 9.17) is 4.74 Å². The molecule has 3 saturated carbocycles. The molecule has 8 atom stereocenters. The maximum Gasteiger partial charge on any atom is 1.00 e. The predicted molar refractivity (Wildman–Crippen MR) is 150 cm³/mol. The summed E-state index contributed by atoms with van der Waals surface area (Å²) in [5.41, 5.74) is 4.30. The van der Waals surface area contributed by atoms with Crippen LogP contribution in [-0.2, 0) is 14.3 Å². The first-order chi connectivity index (χ1) is 18.0. The number of ether oxygens (including phenoxy) is 1. The van der Waals surface area contributed by atoms with Crippen molar-refractivity contribution in [3.05, 3.63) is 11.1 Å². The molecular weight excluding hydrogens is 527 g/mol. The number of aliphatic hydroxyl groups excluding tert-OH is 1. The van der Waals surface area contributed by atoms with Gasteiger partial charge in [0.1, 0.15) is 6.10 Å². The van der Waals surface area contributed by atoms with Gasteiger partial charge in [-0.05, 0) is 116 Å². The molecule has 0 radical (unpaired) electrons. The van der Waals surface area contributed by atoms with Crippen molar-refractivity contribution in [2.75, 3.05) is 6.61 Å². The molecule has 0 aromatic carbocycles. The summed E-state index contributed by atoms with van der Waals surface area (Å²) in [6, 6.07) is 0. The second kappa shape index (κ2) is 11.0. The molecule has 5 aliphatic carbocycles. The standard InChI is InChI=1S/C34H54O5.K/c1-29(2)24-9-8-23-22(32(24,5)14-13-26(29)39-28(38)11-10-27(36)37)12-15-34(7)25-20-30(3,21-35)16-17-31(25,4)18-19-33(23,34)6;/h24-26,35H,8-21H2,1-7H3,(H,36,37);/q;+1/p-1/t24-,25+,26-,30+,31+,32+,33+,34-;/m0./s1. The fourth-order valence-electron chi connectivity index (χ4n) is 11.1. The zero-order valence-electron chi connectivity index (χ0n) is 26.7. The Hall–Kier alpha value is 0.276. The maximum absolute atomic E-state index is 12.5. The van der Waals surface area contributed by atoms with Crippen molar-refractivity contribution in [3.8, 4) is 0 Å². The smallest absolute Gasteiger partial charge is 0.550 e. The van der Waals surface area contributed by atoms with E-state index in [0.717, 1.165) is 38.5 Å². The van der Waals surface area contributed by atoms with E-state index >= 15 is 0 Å². The molecule has 5 rings (SSSR count). The van der Waals surface area contributed by atoms with Gasteiger partial charge in [-0.25, -0.2) is 0 Å². The summed E-state index contributed by atoms with van der Waals surface area (Å²) in [5, 5.41) is 21.2. The Bertz CT molecular complexity index is 1070. The van der Waals surface area contributed by atoms with E-state index in [1.807, 2.05) is 0 Å². The number of hydrogen-bond acceptors (Lipinski definition) is 5. The summed E-state index contributed by atoms with van der Waals surface area (Å²) in [4.78, 5) is 23.3. The van der Waals surface area contributed by atoms with Gasteiger partial charge in [0.05, 0.1) is 6.42 Å². The molecule has 220 valence electrons. The van der Waals surface area contributed by atoms with Gasteiger partial charge in [0.15, 0.2) is 0 Å². The van der Waals surface area contributed by atoms with Crippen molar-refractivity contribution in [1.29, 1.82) is 0 Å². The van der Waals surface area contributed by atoms with Gasteiger partial charge in [-0.2, -0.15) is 0 Å². The molecule has 3 fully saturated rings. The van der Waals surface area contributed by atoms with Crippen LogP contribution in [0.3, 0.4) is 0 Å². The normalized spacial score (nSPS) is 45.6. The van der Waals surface area contributed by atoms with Crippen molar-refractivity contribution in [2.24, 2.45) is 44.3 Å². The van der Waals surface area contributed by atoms with Crippen LogP contribution in [-0.4, -0.2) is 29.8 Å². The van der Waals surface area contributed by atoms with Crippen molar-refractivity contribution in [1.82, 2.24) is 0 Å². The molecule has 5 aliphatic rings. The zero-order valence-corrected chi connectivity index (χ0v) is 29.8. The van der Waals surface area contributed by atoms with Crippen LogP contribution >= 0.6 is 0 Å². The predicted octanol–water partition coefficient (Wildman–Crippen LogP) is 3.37. The van der Waals surface area contributed by atoms with Crippen LogP contribution in [0.2, 0.25) is 0 Å². The summed E-state index contributed by atoms with van der Waals surface area (Å²) in [7, 11) is 0. The number of carbonyl (C=O) groups is 2. The minimum absolute atomic E-state index is 0. The minimum atomic E-state index is -1.20. The number of carboxylic acids is 1. The molecule has 40 heavy (non-hydrogen) atoms. The summed E-state index contributed by atoms with van der Waals surface area (Å²) in [6.07, 6.45) is 12.0. The summed E-state index contributed by atoms with van der Waals surface area (Å²) in [5.74, 6) is -0.540. The first-order valence-electron chi connectivity index (χ1n) is 15.8. The van der Waals surface area contributed by atoms with Crippen LogP contribution in [0.5, 0.6) is 0 Å². The van der Waals surface area contributed by atoms with Crippen LogP contribution in [0.1, 0.15) is 132 Å². The second-order valence-electron chi connectivity index (χ2n) is 16.3. The Morgan fingerprint density at radius 2 is 1.52 bits per heavy atom. The third-order valence-electron chi connectivity index (χ3n) is 14.0. The van der Waals surface area contributed by atoms with E-state index < -0.39 is 11.9 Å². The van der Waals surface area contributed by atoms with E-state index in [9.17, 15) is 19.8 Å². The first-order valence-corrected chi connectivity index (χ1v) is 15.8. The number of carboxylic acid groups (broad SMARTS) is 1. The molecule has 0 saturated heterocycles. The number of aliphatic hydroxyl groups is 1. The van der Waals surface area contributed by atoms with Crippen molar-refractivity contribution >= 4 is 11.9 Å². The Balaban J connectivity index is 0.00000370. The molecule has 0 amide bonds. The molecule has 0 spiro atoms. The van der Waals surface area contributed by atoms with Gasteiger partial charge < -0.3 is 19.7 Å². The summed E-state index contributed by atoms with van der Waals surface area (Å²) >= 11 is 0. The Kier molecular flexibility index (Phi) is 9.14. The van der Waals surface area contributed by atoms with E-state index in [-0.39, 0.29) is 97.4 Å². The molecule has 0 unspecified atom stereocenters. The van der Waals surface area contributed by atoms with Gasteiger partial charge in [0.2, 0.25) is 0 Å². The average molecular weight is 581 g/mol. The fourth-order valence-corrected chi connectivity index (χ4v) is 11.1. The fraction of sp³-hybridized carbons (Fsp3) is 0.882. The van der Waals surface area contributed by atoms with Crippen LogP contribution in [0.4, 0.5) is 0 Å². The quantitative estimate of drug-likeness (QED) is 0.306. The number of allylic oxidation sites excluding steroid dienone is 2. The summed E-state index contributed by atoms with van der Waals surface area (Å²) in [6.45, 7) is 17.4. The number of aliphatic carboxylic acids is 1. The molecule has 0 aromatic heterocycles. The molecule has 0 aliphatic heterocycles. The van der Waals surface area contributed by atoms with Crippen LogP contribution < -0.4 is 56.5 Å². The van der Waals surface area contributed by atoms with Crippen molar-refractivity contribution in [3.63, 3.8) is 0 Å². The Morgan fingerprint density at radius 1 is 0.850 bits per heavy atom. The van der Waals surface area contributed by atoms with Crippen LogP contribution in [0, 0.1) is 44.3 Å². The zero-order chi connectivity index (χ0) is 28.6. The average Bonchev–Trinajstić information content (AvgIpc) is 2.87. The van der Waals surface area contributed by atoms with Crippen LogP contribution in [0.25, 0.3) is 0 Å². The largest absolute Gasteiger partial charge is 1.00 e. The van der Waals surface area contributed by atoms with Crippen molar-refractivity contribution in [2.45, 2.75) is 138 Å². The van der Waals surface area contributed by atoms with Gasteiger partial charge in [-0.15, -0.1) is 0 Å². The molecule has 0 bridgehead atoms. The van der Waals surface area contributed by atoms with E-state index in [0.29, 0.717) is 23.9 Å². The molecule has 0 aromatic rings. The SMILES string of the molecule is CC1(C)[C@@H](OC(=O)CCC(=O)[O-])CC[C@]2(C)C3=C(CC[C@@H]12)[C@@]1(C)CC[C@@]2(C)CC[C@@](C)(CO)C[C@H]2[C@]1(C)CC3.[K+]. The first kappa shape index (κ1) is 33.2. The number of esters is 1. The third kappa shape index (κ3) is 4.99. The Labute approximate surface area is 285 Å². The number of fused-ring (bicyclic) bond motifs is 6. The van der Waals surface area contributed by atoms with Gasteiger partial charge in [0.25, 0.3) is 0 Å². The molecular formula is C34H53KO5. The Morgan fingerprint density at radius 3 is 2.17 bits per heavy atom. The van der Waals surface area contributed by atoms with Gasteiger partial charge in [-0.1, -0.05) is 59.6 Å². The van der Waals surface area contributed by atoms with Gasteiger partial charge in [0, 0.05) is 18.0 Å². The molecule has 1 N–H and O–H groups in total. The van der Waals surface area contributed by atoms with E-state index in [2.05, 4.69) is 48.5 Å². The molecule has 0 heterocycles. The van der Waals surface area contributed by atoms with Gasteiger partial charge >= 0.3 is 57.4 Å². The summed E-state index contributed by atoms with van der Waals surface area (Å²) < 4.78 is 5.94. The number of hydrogen-bond donors (Lipinski definition) is 1. The number of rotatable bonds is 5. The topological polar surface area (TPSA) is 86.7 Å². The van der Waals surface area contributed by atoms with Crippen LogP contribution in [0.15, 0.2) is 11.1 Å². The maximum atomic E-state index is 12.5. The minimum Gasteiger partial charge on any atom is -0.550 e. The second-order valence-corrected chi connectivity index (χ2v) is 16.3. The molecule has 5 nitrogen and oxygen atoms in total. The van der Waals surface area contributed by atoms with Gasteiger partial charge in [-0.3, -0.25) is 4.79 Å². The third-order valence-corrected chi connectivity index (χ3v) is 14.0.